The van der Waals surface area contributed by atoms with Gasteiger partial charge in [-0.25, -0.2) is 8.78 Å². The molecule has 102 valence electrons. The fourth-order valence-corrected chi connectivity index (χ4v) is 2.14. The van der Waals surface area contributed by atoms with Crippen molar-refractivity contribution in [2.45, 2.75) is 26.4 Å². The van der Waals surface area contributed by atoms with E-state index in [1.165, 1.54) is 12.1 Å². The summed E-state index contributed by atoms with van der Waals surface area (Å²) in [6, 6.07) is 6.18. The molecule has 0 saturated carbocycles. The van der Waals surface area contributed by atoms with Crippen molar-refractivity contribution < 1.29 is 13.2 Å². The van der Waals surface area contributed by atoms with Crippen LogP contribution in [0.25, 0.3) is 0 Å². The molecule has 0 amide bonds. The van der Waals surface area contributed by atoms with E-state index in [1.54, 1.807) is 0 Å². The van der Waals surface area contributed by atoms with Crippen molar-refractivity contribution in [2.24, 2.45) is 0 Å². The molecular formula is C14H14BrF2NO. The summed E-state index contributed by atoms with van der Waals surface area (Å²) < 4.78 is 33.0. The van der Waals surface area contributed by atoms with Gasteiger partial charge in [0.1, 0.15) is 23.2 Å². The number of rotatable bonds is 4. The number of aryl methyl sites for hydroxylation is 1. The van der Waals surface area contributed by atoms with Gasteiger partial charge in [0.05, 0.1) is 10.5 Å². The molecule has 0 aliphatic carbocycles. The Kier molecular flexibility index (Phi) is 4.37. The molecule has 0 fully saturated rings. The minimum atomic E-state index is -0.574. The van der Waals surface area contributed by atoms with E-state index in [-0.39, 0.29) is 22.6 Å². The largest absolute Gasteiger partial charge is 0.465 e. The van der Waals surface area contributed by atoms with Crippen molar-refractivity contribution in [3.63, 3.8) is 0 Å². The van der Waals surface area contributed by atoms with Gasteiger partial charge in [0.15, 0.2) is 0 Å². The quantitative estimate of drug-likeness (QED) is 0.836. The summed E-state index contributed by atoms with van der Waals surface area (Å²) in [5, 5.41) is 3.04. The molecule has 1 N–H and O–H groups in total. The predicted octanol–water partition coefficient (Wildman–Crippen LogP) is 4.48. The van der Waals surface area contributed by atoms with Crippen molar-refractivity contribution >= 4 is 15.9 Å². The van der Waals surface area contributed by atoms with E-state index >= 15 is 0 Å². The summed E-state index contributed by atoms with van der Waals surface area (Å²) in [7, 11) is 0. The first-order valence-electron chi connectivity index (χ1n) is 5.91. The number of hydrogen-bond acceptors (Lipinski definition) is 2. The van der Waals surface area contributed by atoms with E-state index in [1.807, 2.05) is 26.0 Å². The number of benzene rings is 1. The highest BCUT2D eigenvalue weighted by Gasteiger charge is 2.15. The summed E-state index contributed by atoms with van der Waals surface area (Å²) >= 11 is 3.05. The first kappa shape index (κ1) is 14.2. The average Bonchev–Trinajstić information content (AvgIpc) is 2.80. The zero-order valence-corrected chi connectivity index (χ0v) is 12.2. The second-order valence-electron chi connectivity index (χ2n) is 4.37. The highest BCUT2D eigenvalue weighted by atomic mass is 79.9. The number of hydrogen-bond donors (Lipinski definition) is 1. The number of halogens is 3. The normalized spacial score (nSPS) is 12.7. The first-order chi connectivity index (χ1) is 8.99. The highest BCUT2D eigenvalue weighted by molar-refractivity contribution is 9.10. The molecule has 1 heterocycles. The second-order valence-corrected chi connectivity index (χ2v) is 5.23. The standard InChI is InChI=1S/C14H14BrF2NO/c1-8-3-6-13(19-8)9(2)18-7-10-12(16)5-4-11(15)14(10)17/h3-6,9,18H,7H2,1-2H3. The zero-order valence-electron chi connectivity index (χ0n) is 10.6. The molecule has 0 bridgehead atoms. The number of nitrogens with one attached hydrogen (secondary N) is 1. The maximum absolute atomic E-state index is 13.8. The molecule has 0 saturated heterocycles. The third-order valence-corrected chi connectivity index (χ3v) is 3.52. The Labute approximate surface area is 118 Å². The van der Waals surface area contributed by atoms with Gasteiger partial charge in [-0.3, -0.25) is 0 Å². The highest BCUT2D eigenvalue weighted by Crippen LogP contribution is 2.23. The lowest BCUT2D eigenvalue weighted by Crippen LogP contribution is -2.19. The van der Waals surface area contributed by atoms with Crippen LogP contribution in [-0.2, 0) is 6.54 Å². The average molecular weight is 330 g/mol. The van der Waals surface area contributed by atoms with E-state index in [4.69, 9.17) is 4.42 Å². The lowest BCUT2D eigenvalue weighted by molar-refractivity contribution is 0.409. The van der Waals surface area contributed by atoms with Crippen LogP contribution >= 0.6 is 15.9 Å². The molecule has 2 rings (SSSR count). The monoisotopic (exact) mass is 329 g/mol. The van der Waals surface area contributed by atoms with Crippen molar-refractivity contribution in [1.82, 2.24) is 5.32 Å². The molecule has 1 aromatic carbocycles. The molecular weight excluding hydrogens is 316 g/mol. The lowest BCUT2D eigenvalue weighted by Gasteiger charge is -2.13. The van der Waals surface area contributed by atoms with Crippen LogP contribution in [0.1, 0.15) is 30.0 Å². The van der Waals surface area contributed by atoms with Crippen LogP contribution in [0, 0.1) is 18.6 Å². The molecule has 0 aliphatic rings. The van der Waals surface area contributed by atoms with Crippen molar-refractivity contribution in [3.05, 3.63) is 57.5 Å². The zero-order chi connectivity index (χ0) is 14.0. The lowest BCUT2D eigenvalue weighted by atomic mass is 10.1. The summed E-state index contributed by atoms with van der Waals surface area (Å²) in [5.74, 6) is 0.420. The Morgan fingerprint density at radius 2 is 2.00 bits per heavy atom. The second kappa shape index (κ2) is 5.84. The van der Waals surface area contributed by atoms with E-state index < -0.39 is 11.6 Å². The molecule has 0 spiro atoms. The minimum Gasteiger partial charge on any atom is -0.465 e. The van der Waals surface area contributed by atoms with E-state index in [0.29, 0.717) is 0 Å². The van der Waals surface area contributed by atoms with E-state index in [0.717, 1.165) is 11.5 Å². The van der Waals surface area contributed by atoms with Gasteiger partial charge in [-0.2, -0.15) is 0 Å². The fraction of sp³-hybridized carbons (Fsp3) is 0.286. The Balaban J connectivity index is 2.09. The van der Waals surface area contributed by atoms with Crippen molar-refractivity contribution in [3.8, 4) is 0 Å². The van der Waals surface area contributed by atoms with Crippen LogP contribution in [0.4, 0.5) is 8.78 Å². The summed E-state index contributed by atoms with van der Waals surface area (Å²) in [5.41, 5.74) is 0.0181. The molecule has 1 unspecified atom stereocenters. The van der Waals surface area contributed by atoms with Gasteiger partial charge in [-0.15, -0.1) is 0 Å². The summed E-state index contributed by atoms with van der Waals surface area (Å²) in [4.78, 5) is 0. The minimum absolute atomic E-state index is 0.0181. The first-order valence-corrected chi connectivity index (χ1v) is 6.70. The van der Waals surface area contributed by atoms with Gasteiger partial charge < -0.3 is 9.73 Å². The van der Waals surface area contributed by atoms with Crippen LogP contribution in [0.5, 0.6) is 0 Å². The Hall–Kier alpha value is -1.20. The maximum atomic E-state index is 13.8. The third-order valence-electron chi connectivity index (χ3n) is 2.91. The molecule has 0 radical (unpaired) electrons. The van der Waals surface area contributed by atoms with Gasteiger partial charge in [-0.05, 0) is 54.0 Å². The maximum Gasteiger partial charge on any atom is 0.144 e. The van der Waals surface area contributed by atoms with Crippen LogP contribution in [0.15, 0.2) is 33.2 Å². The molecule has 1 atom stereocenters. The fourth-order valence-electron chi connectivity index (χ4n) is 1.77. The molecule has 1 aromatic heterocycles. The smallest absolute Gasteiger partial charge is 0.144 e. The third kappa shape index (κ3) is 3.22. The topological polar surface area (TPSA) is 25.2 Å². The van der Waals surface area contributed by atoms with E-state index in [9.17, 15) is 8.78 Å². The SMILES string of the molecule is Cc1ccc(C(C)NCc2c(F)ccc(Br)c2F)o1. The van der Waals surface area contributed by atoms with Gasteiger partial charge in [0.2, 0.25) is 0 Å². The molecule has 5 heteroatoms. The Morgan fingerprint density at radius 3 is 2.63 bits per heavy atom. The van der Waals surface area contributed by atoms with Gasteiger partial charge >= 0.3 is 0 Å². The van der Waals surface area contributed by atoms with Crippen LogP contribution in [-0.4, -0.2) is 0 Å². The van der Waals surface area contributed by atoms with Gasteiger partial charge in [0, 0.05) is 12.1 Å². The Morgan fingerprint density at radius 1 is 1.26 bits per heavy atom. The van der Waals surface area contributed by atoms with Crippen LogP contribution < -0.4 is 5.32 Å². The number of furan rings is 1. The van der Waals surface area contributed by atoms with Gasteiger partial charge in [0.25, 0.3) is 0 Å². The van der Waals surface area contributed by atoms with Crippen LogP contribution in [0.2, 0.25) is 0 Å². The van der Waals surface area contributed by atoms with Crippen LogP contribution in [0.3, 0.4) is 0 Å². The van der Waals surface area contributed by atoms with Crippen molar-refractivity contribution in [1.29, 1.82) is 0 Å². The Bertz CT molecular complexity index is 583. The predicted molar refractivity (Wildman–Crippen MR) is 72.8 cm³/mol. The van der Waals surface area contributed by atoms with E-state index in [2.05, 4.69) is 21.2 Å². The summed E-state index contributed by atoms with van der Waals surface area (Å²) in [6.45, 7) is 3.83. The molecule has 0 aliphatic heterocycles. The molecule has 2 aromatic rings. The summed E-state index contributed by atoms with van der Waals surface area (Å²) in [6.07, 6.45) is 0. The molecule has 19 heavy (non-hydrogen) atoms. The van der Waals surface area contributed by atoms with Gasteiger partial charge in [-0.1, -0.05) is 0 Å². The molecule has 2 nitrogen and oxygen atoms in total. The van der Waals surface area contributed by atoms with Crippen molar-refractivity contribution in [2.75, 3.05) is 0 Å².